The maximum absolute atomic E-state index is 5.64. The average molecular weight is 232 g/mol. The summed E-state index contributed by atoms with van der Waals surface area (Å²) < 4.78 is 5.64. The molecule has 0 spiro atoms. The molecule has 0 saturated carbocycles. The lowest BCUT2D eigenvalue weighted by Gasteiger charge is -2.15. The van der Waals surface area contributed by atoms with E-state index < -0.39 is 0 Å². The molecule has 0 aliphatic carbocycles. The van der Waals surface area contributed by atoms with Crippen LogP contribution in [-0.2, 0) is 0 Å². The van der Waals surface area contributed by atoms with Crippen molar-refractivity contribution in [3.8, 4) is 5.75 Å². The lowest BCUT2D eigenvalue weighted by atomic mass is 10.0. The largest absolute Gasteiger partial charge is 0.489 e. The molecule has 1 aromatic heterocycles. The van der Waals surface area contributed by atoms with E-state index in [2.05, 4.69) is 16.9 Å². The van der Waals surface area contributed by atoms with Crippen LogP contribution in [0.3, 0.4) is 0 Å². The summed E-state index contributed by atoms with van der Waals surface area (Å²) in [6.45, 7) is 9.28. The van der Waals surface area contributed by atoms with E-state index in [0.29, 0.717) is 6.04 Å². The minimum atomic E-state index is 0.171. The van der Waals surface area contributed by atoms with Gasteiger partial charge in [-0.3, -0.25) is 4.98 Å². The molecule has 1 aromatic rings. The maximum Gasteiger partial charge on any atom is 0.138 e. The van der Waals surface area contributed by atoms with Crippen LogP contribution < -0.4 is 10.1 Å². The number of rotatable bonds is 4. The van der Waals surface area contributed by atoms with Crippen LogP contribution >= 0.6 is 0 Å². The molecule has 1 aliphatic rings. The standard InChI is InChI=1S/C14H20N2O/c1-10(2)17-13-7-12(8-15-9-13)11(3)14-5-4-6-16-14/h7-10,14,16H,3-6H2,1-2H3. The van der Waals surface area contributed by atoms with Gasteiger partial charge in [-0.2, -0.15) is 0 Å². The van der Waals surface area contributed by atoms with Crippen molar-refractivity contribution in [1.29, 1.82) is 0 Å². The molecule has 17 heavy (non-hydrogen) atoms. The Morgan fingerprint density at radius 3 is 3.00 bits per heavy atom. The van der Waals surface area contributed by atoms with Gasteiger partial charge in [-0.25, -0.2) is 0 Å². The first-order valence-corrected chi connectivity index (χ1v) is 6.21. The van der Waals surface area contributed by atoms with Crippen LogP contribution in [0.15, 0.2) is 25.0 Å². The van der Waals surface area contributed by atoms with Crippen molar-refractivity contribution < 1.29 is 4.74 Å². The molecule has 3 nitrogen and oxygen atoms in total. The first-order valence-electron chi connectivity index (χ1n) is 6.21. The second-order valence-electron chi connectivity index (χ2n) is 4.75. The Labute approximate surface area is 103 Å². The molecule has 1 unspecified atom stereocenters. The van der Waals surface area contributed by atoms with Crippen LogP contribution in [0.25, 0.3) is 5.57 Å². The summed E-state index contributed by atoms with van der Waals surface area (Å²) in [6.07, 6.45) is 6.16. The zero-order valence-electron chi connectivity index (χ0n) is 10.6. The SMILES string of the molecule is C=C(c1cncc(OC(C)C)c1)C1CCCN1. The maximum atomic E-state index is 5.64. The fourth-order valence-electron chi connectivity index (χ4n) is 2.11. The highest BCUT2D eigenvalue weighted by atomic mass is 16.5. The van der Waals surface area contributed by atoms with Crippen molar-refractivity contribution in [1.82, 2.24) is 10.3 Å². The Hall–Kier alpha value is -1.35. The van der Waals surface area contributed by atoms with Crippen LogP contribution in [0.2, 0.25) is 0 Å². The number of hydrogen-bond acceptors (Lipinski definition) is 3. The molecule has 1 saturated heterocycles. The van der Waals surface area contributed by atoms with Gasteiger partial charge in [-0.15, -0.1) is 0 Å². The number of hydrogen-bond donors (Lipinski definition) is 1. The molecule has 3 heteroatoms. The van der Waals surface area contributed by atoms with Crippen LogP contribution in [0, 0.1) is 0 Å². The summed E-state index contributed by atoms with van der Waals surface area (Å²) in [5, 5.41) is 3.45. The summed E-state index contributed by atoms with van der Waals surface area (Å²) in [7, 11) is 0. The van der Waals surface area contributed by atoms with E-state index in [4.69, 9.17) is 4.74 Å². The van der Waals surface area contributed by atoms with Crippen molar-refractivity contribution in [2.75, 3.05) is 6.54 Å². The summed E-state index contributed by atoms with van der Waals surface area (Å²) in [4.78, 5) is 4.22. The van der Waals surface area contributed by atoms with Crippen molar-refractivity contribution >= 4 is 5.57 Å². The number of pyridine rings is 1. The third kappa shape index (κ3) is 3.07. The van der Waals surface area contributed by atoms with Gasteiger partial charge in [0.25, 0.3) is 0 Å². The molecular formula is C14H20N2O. The van der Waals surface area contributed by atoms with Crippen molar-refractivity contribution in [2.24, 2.45) is 0 Å². The van der Waals surface area contributed by atoms with E-state index in [9.17, 15) is 0 Å². The normalized spacial score (nSPS) is 19.6. The molecule has 0 radical (unpaired) electrons. The molecule has 2 heterocycles. The van der Waals surface area contributed by atoms with Gasteiger partial charge in [-0.1, -0.05) is 6.58 Å². The smallest absolute Gasteiger partial charge is 0.138 e. The predicted molar refractivity (Wildman–Crippen MR) is 70.1 cm³/mol. The zero-order valence-corrected chi connectivity index (χ0v) is 10.6. The molecule has 2 rings (SSSR count). The van der Waals surface area contributed by atoms with Crippen LogP contribution in [0.4, 0.5) is 0 Å². The molecule has 0 amide bonds. The minimum absolute atomic E-state index is 0.171. The minimum Gasteiger partial charge on any atom is -0.489 e. The highest BCUT2D eigenvalue weighted by Gasteiger charge is 2.18. The Balaban J connectivity index is 2.12. The Kier molecular flexibility index (Phi) is 3.79. The van der Waals surface area contributed by atoms with Crippen molar-refractivity contribution in [3.63, 3.8) is 0 Å². The number of nitrogens with one attached hydrogen (secondary N) is 1. The highest BCUT2D eigenvalue weighted by molar-refractivity contribution is 5.68. The molecule has 0 bridgehead atoms. The van der Waals surface area contributed by atoms with Crippen molar-refractivity contribution in [2.45, 2.75) is 38.8 Å². The first kappa shape index (κ1) is 12.1. The molecule has 1 atom stereocenters. The van der Waals surface area contributed by atoms with Gasteiger partial charge in [0.05, 0.1) is 12.3 Å². The molecule has 1 fully saturated rings. The van der Waals surface area contributed by atoms with E-state index >= 15 is 0 Å². The van der Waals surface area contributed by atoms with Gasteiger partial charge >= 0.3 is 0 Å². The van der Waals surface area contributed by atoms with Gasteiger partial charge in [-0.05, 0) is 44.9 Å². The third-order valence-electron chi connectivity index (χ3n) is 2.94. The second kappa shape index (κ2) is 5.32. The molecule has 92 valence electrons. The van der Waals surface area contributed by atoms with Gasteiger partial charge < -0.3 is 10.1 Å². The highest BCUT2D eigenvalue weighted by Crippen LogP contribution is 2.24. The van der Waals surface area contributed by atoms with E-state index in [-0.39, 0.29) is 6.10 Å². The van der Waals surface area contributed by atoms with Gasteiger partial charge in [0.2, 0.25) is 0 Å². The van der Waals surface area contributed by atoms with Crippen LogP contribution in [-0.4, -0.2) is 23.7 Å². The van der Waals surface area contributed by atoms with E-state index in [1.54, 1.807) is 6.20 Å². The Bertz CT molecular complexity index is 395. The fourth-order valence-corrected chi connectivity index (χ4v) is 2.11. The third-order valence-corrected chi connectivity index (χ3v) is 2.94. The molecular weight excluding hydrogens is 212 g/mol. The Morgan fingerprint density at radius 1 is 1.53 bits per heavy atom. The van der Waals surface area contributed by atoms with Gasteiger partial charge in [0, 0.05) is 17.8 Å². The number of ether oxygens (including phenoxy) is 1. The quantitative estimate of drug-likeness (QED) is 0.866. The van der Waals surface area contributed by atoms with Crippen LogP contribution in [0.5, 0.6) is 5.75 Å². The molecule has 1 aliphatic heterocycles. The van der Waals surface area contributed by atoms with E-state index in [1.165, 1.54) is 6.42 Å². The second-order valence-corrected chi connectivity index (χ2v) is 4.75. The lowest BCUT2D eigenvalue weighted by Crippen LogP contribution is -2.22. The monoisotopic (exact) mass is 232 g/mol. The average Bonchev–Trinajstić information content (AvgIpc) is 2.81. The summed E-state index contributed by atoms with van der Waals surface area (Å²) in [5.41, 5.74) is 2.19. The molecule has 0 aromatic carbocycles. The summed E-state index contributed by atoms with van der Waals surface area (Å²) in [6, 6.07) is 2.42. The topological polar surface area (TPSA) is 34.1 Å². The van der Waals surface area contributed by atoms with E-state index in [0.717, 1.165) is 29.9 Å². The lowest BCUT2D eigenvalue weighted by molar-refractivity contribution is 0.241. The van der Waals surface area contributed by atoms with Gasteiger partial charge in [0.1, 0.15) is 5.75 Å². The molecule has 1 N–H and O–H groups in total. The summed E-state index contributed by atoms with van der Waals surface area (Å²) >= 11 is 0. The predicted octanol–water partition coefficient (Wildman–Crippen LogP) is 2.63. The van der Waals surface area contributed by atoms with Gasteiger partial charge in [0.15, 0.2) is 0 Å². The Morgan fingerprint density at radius 2 is 2.35 bits per heavy atom. The summed E-state index contributed by atoms with van der Waals surface area (Å²) in [5.74, 6) is 0.816. The van der Waals surface area contributed by atoms with Crippen molar-refractivity contribution in [3.05, 3.63) is 30.6 Å². The number of aromatic nitrogens is 1. The number of nitrogens with zero attached hydrogens (tertiary/aromatic N) is 1. The zero-order chi connectivity index (χ0) is 12.3. The van der Waals surface area contributed by atoms with E-state index in [1.807, 2.05) is 26.1 Å². The first-order chi connectivity index (χ1) is 8.16. The fraction of sp³-hybridized carbons (Fsp3) is 0.500. The van der Waals surface area contributed by atoms with Crippen LogP contribution in [0.1, 0.15) is 32.3 Å².